The highest BCUT2D eigenvalue weighted by Gasteiger charge is 2.43. The minimum atomic E-state index is -0.512. The number of halogens is 1. The normalized spacial score (nSPS) is 26.9. The fourth-order valence-electron chi connectivity index (χ4n) is 3.25. The zero-order valence-electron chi connectivity index (χ0n) is 12.6. The zero-order chi connectivity index (χ0) is 13.4. The van der Waals surface area contributed by atoms with Crippen molar-refractivity contribution >= 4 is 18.3 Å². The maximum Gasteiger partial charge on any atom is 0.242 e. The number of carbonyl (C=O) groups excluding carboxylic acids is 1. The number of hydrogen-bond donors (Lipinski definition) is 1. The van der Waals surface area contributed by atoms with Crippen LogP contribution in [0.3, 0.4) is 0 Å². The number of carbonyl (C=O) groups is 1. The third-order valence-corrected chi connectivity index (χ3v) is 4.91. The van der Waals surface area contributed by atoms with Gasteiger partial charge in [-0.05, 0) is 49.9 Å². The van der Waals surface area contributed by atoms with Crippen molar-refractivity contribution in [1.82, 2.24) is 4.90 Å². The van der Waals surface area contributed by atoms with Gasteiger partial charge < -0.3 is 10.6 Å². The summed E-state index contributed by atoms with van der Waals surface area (Å²) in [5, 5.41) is 0. The van der Waals surface area contributed by atoms with Crippen molar-refractivity contribution in [2.24, 2.45) is 17.1 Å². The molecule has 1 saturated carbocycles. The van der Waals surface area contributed by atoms with Crippen LogP contribution in [0.1, 0.15) is 59.3 Å². The van der Waals surface area contributed by atoms with Gasteiger partial charge in [-0.1, -0.05) is 20.8 Å². The standard InChI is InChI=1S/C15H28N2O.ClH/c1-14(2,3)12-6-4-10-17(11-7-12)13(18)15(16)8-5-9-15;/h12H,4-11,16H2,1-3H3;1H. The zero-order valence-corrected chi connectivity index (χ0v) is 13.4. The molecular weight excluding hydrogens is 260 g/mol. The Hall–Kier alpha value is -0.280. The highest BCUT2D eigenvalue weighted by atomic mass is 35.5. The van der Waals surface area contributed by atoms with Gasteiger partial charge in [0.15, 0.2) is 0 Å². The summed E-state index contributed by atoms with van der Waals surface area (Å²) in [4.78, 5) is 14.4. The summed E-state index contributed by atoms with van der Waals surface area (Å²) in [5.74, 6) is 0.939. The lowest BCUT2D eigenvalue weighted by molar-refractivity contribution is -0.140. The Morgan fingerprint density at radius 3 is 2.26 bits per heavy atom. The fraction of sp³-hybridized carbons (Fsp3) is 0.933. The van der Waals surface area contributed by atoms with Gasteiger partial charge in [-0.15, -0.1) is 12.4 Å². The van der Waals surface area contributed by atoms with Gasteiger partial charge in [0.1, 0.15) is 0 Å². The molecule has 0 radical (unpaired) electrons. The number of nitrogens with two attached hydrogens (primary N) is 1. The summed E-state index contributed by atoms with van der Waals surface area (Å²) < 4.78 is 0. The molecule has 0 spiro atoms. The first-order valence-corrected chi connectivity index (χ1v) is 7.41. The average molecular weight is 289 g/mol. The second kappa shape index (κ2) is 6.01. The van der Waals surface area contributed by atoms with E-state index in [0.29, 0.717) is 5.41 Å². The van der Waals surface area contributed by atoms with Gasteiger partial charge in [0.05, 0.1) is 5.54 Å². The first kappa shape index (κ1) is 16.8. The van der Waals surface area contributed by atoms with Gasteiger partial charge in [0.25, 0.3) is 0 Å². The Labute approximate surface area is 123 Å². The molecule has 19 heavy (non-hydrogen) atoms. The second-order valence-corrected chi connectivity index (χ2v) is 7.30. The number of rotatable bonds is 1. The molecule has 3 nitrogen and oxygen atoms in total. The van der Waals surface area contributed by atoms with Gasteiger partial charge >= 0.3 is 0 Å². The molecule has 0 aromatic carbocycles. The van der Waals surface area contributed by atoms with Crippen LogP contribution in [0.4, 0.5) is 0 Å². The van der Waals surface area contributed by atoms with Crippen LogP contribution in [0, 0.1) is 11.3 Å². The SMILES string of the molecule is CC(C)(C)C1CCCN(C(=O)C2(N)CCC2)CC1.Cl. The fourth-order valence-corrected chi connectivity index (χ4v) is 3.25. The average Bonchev–Trinajstić information content (AvgIpc) is 2.49. The molecule has 1 unspecified atom stereocenters. The largest absolute Gasteiger partial charge is 0.341 e. The van der Waals surface area contributed by atoms with Crippen LogP contribution in [0.2, 0.25) is 0 Å². The summed E-state index contributed by atoms with van der Waals surface area (Å²) in [6.45, 7) is 8.74. The lowest BCUT2D eigenvalue weighted by Crippen LogP contribution is -2.59. The predicted molar refractivity (Wildman–Crippen MR) is 81.4 cm³/mol. The summed E-state index contributed by atoms with van der Waals surface area (Å²) in [5.41, 5.74) is 6.00. The Kier molecular flexibility index (Phi) is 5.30. The molecule has 1 heterocycles. The van der Waals surface area contributed by atoms with E-state index in [1.807, 2.05) is 4.90 Å². The van der Waals surface area contributed by atoms with Gasteiger partial charge in [-0.25, -0.2) is 0 Å². The van der Waals surface area contributed by atoms with Gasteiger partial charge in [-0.2, -0.15) is 0 Å². The first-order valence-electron chi connectivity index (χ1n) is 7.41. The lowest BCUT2D eigenvalue weighted by Gasteiger charge is -2.40. The highest BCUT2D eigenvalue weighted by Crippen LogP contribution is 2.36. The monoisotopic (exact) mass is 288 g/mol. The lowest BCUT2D eigenvalue weighted by atomic mass is 9.76. The molecule has 0 aromatic heterocycles. The molecule has 1 atom stereocenters. The smallest absolute Gasteiger partial charge is 0.242 e. The van der Waals surface area contributed by atoms with Crippen LogP contribution < -0.4 is 5.73 Å². The molecule has 2 aliphatic rings. The van der Waals surface area contributed by atoms with Crippen molar-refractivity contribution in [3.05, 3.63) is 0 Å². The Morgan fingerprint density at radius 1 is 1.16 bits per heavy atom. The van der Waals surface area contributed by atoms with E-state index in [0.717, 1.165) is 51.1 Å². The molecule has 0 aromatic rings. The Morgan fingerprint density at radius 2 is 1.79 bits per heavy atom. The van der Waals surface area contributed by atoms with Crippen LogP contribution in [-0.2, 0) is 4.79 Å². The maximum absolute atomic E-state index is 12.4. The molecule has 2 fully saturated rings. The Bertz CT molecular complexity index is 321. The third-order valence-electron chi connectivity index (χ3n) is 4.91. The summed E-state index contributed by atoms with van der Waals surface area (Å²) in [7, 11) is 0. The Balaban J connectivity index is 0.00000180. The van der Waals surface area contributed by atoms with Crippen LogP contribution in [-0.4, -0.2) is 29.4 Å². The number of hydrogen-bond acceptors (Lipinski definition) is 2. The quantitative estimate of drug-likeness (QED) is 0.806. The molecule has 1 aliphatic heterocycles. The van der Waals surface area contributed by atoms with Crippen LogP contribution in [0.5, 0.6) is 0 Å². The van der Waals surface area contributed by atoms with Crippen molar-refractivity contribution in [2.75, 3.05) is 13.1 Å². The third kappa shape index (κ3) is 3.63. The van der Waals surface area contributed by atoms with Crippen molar-refractivity contribution in [1.29, 1.82) is 0 Å². The van der Waals surface area contributed by atoms with E-state index in [2.05, 4.69) is 20.8 Å². The molecule has 1 amide bonds. The first-order chi connectivity index (χ1) is 8.33. The van der Waals surface area contributed by atoms with Gasteiger partial charge in [0.2, 0.25) is 5.91 Å². The maximum atomic E-state index is 12.4. The topological polar surface area (TPSA) is 46.3 Å². The minimum Gasteiger partial charge on any atom is -0.341 e. The predicted octanol–water partition coefficient (Wildman–Crippen LogP) is 2.96. The van der Waals surface area contributed by atoms with Crippen molar-refractivity contribution in [2.45, 2.75) is 64.8 Å². The van der Waals surface area contributed by atoms with E-state index in [1.165, 1.54) is 6.42 Å². The number of nitrogens with zero attached hydrogens (tertiary/aromatic N) is 1. The summed E-state index contributed by atoms with van der Waals surface area (Å²) in [6.07, 6.45) is 6.37. The van der Waals surface area contributed by atoms with E-state index in [4.69, 9.17) is 5.73 Å². The van der Waals surface area contributed by atoms with Crippen molar-refractivity contribution in [3.63, 3.8) is 0 Å². The molecule has 1 saturated heterocycles. The van der Waals surface area contributed by atoms with Gasteiger partial charge in [-0.3, -0.25) is 4.79 Å². The molecule has 2 rings (SSSR count). The highest BCUT2D eigenvalue weighted by molar-refractivity contribution is 5.87. The molecule has 2 N–H and O–H groups in total. The molecule has 1 aliphatic carbocycles. The molecule has 4 heteroatoms. The van der Waals surface area contributed by atoms with Gasteiger partial charge in [0, 0.05) is 13.1 Å². The van der Waals surface area contributed by atoms with Crippen molar-refractivity contribution < 1.29 is 4.79 Å². The number of likely N-dealkylation sites (tertiary alicyclic amines) is 1. The summed E-state index contributed by atoms with van der Waals surface area (Å²) >= 11 is 0. The van der Waals surface area contributed by atoms with E-state index < -0.39 is 5.54 Å². The van der Waals surface area contributed by atoms with Crippen LogP contribution in [0.25, 0.3) is 0 Å². The number of amides is 1. The summed E-state index contributed by atoms with van der Waals surface area (Å²) in [6, 6.07) is 0. The molecule has 112 valence electrons. The van der Waals surface area contributed by atoms with E-state index in [9.17, 15) is 4.79 Å². The molecule has 0 bridgehead atoms. The van der Waals surface area contributed by atoms with E-state index in [-0.39, 0.29) is 18.3 Å². The van der Waals surface area contributed by atoms with E-state index in [1.54, 1.807) is 0 Å². The van der Waals surface area contributed by atoms with Crippen LogP contribution >= 0.6 is 12.4 Å². The van der Waals surface area contributed by atoms with Crippen LogP contribution in [0.15, 0.2) is 0 Å². The second-order valence-electron chi connectivity index (χ2n) is 7.30. The van der Waals surface area contributed by atoms with Crippen molar-refractivity contribution in [3.8, 4) is 0 Å². The minimum absolute atomic E-state index is 0. The van der Waals surface area contributed by atoms with E-state index >= 15 is 0 Å². The molecular formula is C15H29ClN2O.